The first-order valence-corrected chi connectivity index (χ1v) is 9.44. The quantitative estimate of drug-likeness (QED) is 0.611. The van der Waals surface area contributed by atoms with Crippen LogP contribution in [0.25, 0.3) is 0 Å². The zero-order chi connectivity index (χ0) is 17.0. The van der Waals surface area contributed by atoms with E-state index in [0.717, 1.165) is 12.3 Å². The third-order valence-corrected chi connectivity index (χ3v) is 6.02. The average molecular weight is 312 g/mol. The van der Waals surface area contributed by atoms with Gasteiger partial charge in [-0.1, -0.05) is 71.2 Å². The number of hydrogen-bond donors (Lipinski definition) is 1. The Morgan fingerprint density at radius 2 is 2.13 bits per heavy atom. The Bertz CT molecular complexity index is 509. The number of phenols is 1. The second kappa shape index (κ2) is 7.77. The molecular weight excluding hydrogens is 279 g/mol. The Morgan fingerprint density at radius 1 is 1.39 bits per heavy atom. The van der Waals surface area contributed by atoms with Crippen LogP contribution in [-0.4, -0.2) is 13.0 Å². The summed E-state index contributed by atoms with van der Waals surface area (Å²) in [5.74, 6) is 2.34. The maximum atomic E-state index is 9.68. The van der Waals surface area contributed by atoms with E-state index in [1.165, 1.54) is 49.7 Å². The van der Waals surface area contributed by atoms with Crippen LogP contribution in [0.4, 0.5) is 0 Å². The number of rotatable bonds is 7. The van der Waals surface area contributed by atoms with Gasteiger partial charge in [-0.25, -0.2) is 0 Å². The minimum Gasteiger partial charge on any atom is -0.508 e. The Balaban J connectivity index is 1.85. The van der Waals surface area contributed by atoms with Crippen LogP contribution in [0.2, 0.25) is 5.31 Å². The number of aromatic hydroxyl groups is 1. The lowest BCUT2D eigenvalue weighted by molar-refractivity contribution is 0.320. The molecule has 2 heteroatoms. The molecule has 0 aliphatic heterocycles. The minimum absolute atomic E-state index is 0.0151. The van der Waals surface area contributed by atoms with Crippen LogP contribution in [0.3, 0.4) is 0 Å². The number of hydrogen-bond acceptors (Lipinski definition) is 1. The van der Waals surface area contributed by atoms with Crippen molar-refractivity contribution in [2.75, 3.05) is 0 Å². The molecule has 1 aliphatic carbocycles. The van der Waals surface area contributed by atoms with E-state index in [1.807, 2.05) is 12.1 Å². The van der Waals surface area contributed by atoms with Crippen molar-refractivity contribution in [3.8, 4) is 5.75 Å². The molecule has 1 nitrogen and oxygen atoms in total. The monoisotopic (exact) mass is 312 g/mol. The standard InChI is InChI=1S/C21H33BO/c1-5-11-21(4,22)16(3)7-6-8-17-12-15(2)20-14-19(23)10-9-18(20)13-17/h9-10,14-17,23H,5-8,11-13H2,1-4H3. The number of benzene rings is 1. The van der Waals surface area contributed by atoms with Crippen molar-refractivity contribution < 1.29 is 5.11 Å². The Kier molecular flexibility index (Phi) is 6.22. The highest BCUT2D eigenvalue weighted by atomic mass is 16.3. The second-order valence-electron chi connectivity index (χ2n) is 8.18. The Labute approximate surface area is 144 Å². The van der Waals surface area contributed by atoms with Gasteiger partial charge in [-0.3, -0.25) is 0 Å². The lowest BCUT2D eigenvalue weighted by Gasteiger charge is -2.33. The van der Waals surface area contributed by atoms with Gasteiger partial charge in [0.1, 0.15) is 5.75 Å². The predicted octanol–water partition coefficient (Wildman–Crippen LogP) is 6.01. The van der Waals surface area contributed by atoms with Gasteiger partial charge in [0.2, 0.25) is 0 Å². The molecule has 0 saturated heterocycles. The number of phenolic OH excluding ortho intramolecular Hbond substituents is 1. The summed E-state index contributed by atoms with van der Waals surface area (Å²) in [6, 6.07) is 5.91. The predicted molar refractivity (Wildman–Crippen MR) is 100 cm³/mol. The molecule has 4 atom stereocenters. The third kappa shape index (κ3) is 4.78. The minimum atomic E-state index is -0.0151. The molecule has 126 valence electrons. The lowest BCUT2D eigenvalue weighted by atomic mass is 9.59. The van der Waals surface area contributed by atoms with E-state index in [1.54, 1.807) is 0 Å². The van der Waals surface area contributed by atoms with Crippen LogP contribution in [-0.2, 0) is 6.42 Å². The fraction of sp³-hybridized carbons (Fsp3) is 0.714. The summed E-state index contributed by atoms with van der Waals surface area (Å²) in [6.07, 6.45) is 8.52. The van der Waals surface area contributed by atoms with E-state index < -0.39 is 0 Å². The van der Waals surface area contributed by atoms with E-state index in [-0.39, 0.29) is 5.31 Å². The summed E-state index contributed by atoms with van der Waals surface area (Å²) >= 11 is 0. The molecule has 0 spiro atoms. The maximum absolute atomic E-state index is 9.68. The number of fused-ring (bicyclic) bond motifs is 1. The zero-order valence-electron chi connectivity index (χ0n) is 15.4. The molecule has 1 N–H and O–H groups in total. The molecule has 0 saturated carbocycles. The van der Waals surface area contributed by atoms with Crippen molar-refractivity contribution in [2.24, 2.45) is 11.8 Å². The SMILES string of the molecule is [B]C(C)(CCC)C(C)CCCC1Cc2ccc(O)cc2C(C)C1. The van der Waals surface area contributed by atoms with Crippen molar-refractivity contribution in [3.05, 3.63) is 29.3 Å². The topological polar surface area (TPSA) is 20.2 Å². The van der Waals surface area contributed by atoms with E-state index in [0.29, 0.717) is 17.6 Å². The molecule has 1 aliphatic rings. The highest BCUT2D eigenvalue weighted by Crippen LogP contribution is 2.41. The Hall–Kier alpha value is -0.915. The summed E-state index contributed by atoms with van der Waals surface area (Å²) in [6.45, 7) is 9.05. The van der Waals surface area contributed by atoms with Gasteiger partial charge in [-0.15, -0.1) is 0 Å². The van der Waals surface area contributed by atoms with Crippen LogP contribution in [0, 0.1) is 11.8 Å². The second-order valence-corrected chi connectivity index (χ2v) is 8.18. The van der Waals surface area contributed by atoms with Crippen molar-refractivity contribution in [1.82, 2.24) is 0 Å². The van der Waals surface area contributed by atoms with Crippen molar-refractivity contribution >= 4 is 7.85 Å². The molecular formula is C21H33BO. The van der Waals surface area contributed by atoms with Gasteiger partial charge in [0.05, 0.1) is 7.85 Å². The molecule has 0 amide bonds. The van der Waals surface area contributed by atoms with Gasteiger partial charge in [0, 0.05) is 0 Å². The highest BCUT2D eigenvalue weighted by molar-refractivity contribution is 6.15. The summed E-state index contributed by atoms with van der Waals surface area (Å²) in [5.41, 5.74) is 2.79. The molecule has 23 heavy (non-hydrogen) atoms. The molecule has 0 aromatic heterocycles. The van der Waals surface area contributed by atoms with Gasteiger partial charge in [0.25, 0.3) is 0 Å². The van der Waals surface area contributed by atoms with Gasteiger partial charge in [-0.2, -0.15) is 0 Å². The average Bonchev–Trinajstić information content (AvgIpc) is 2.48. The van der Waals surface area contributed by atoms with Crippen LogP contribution >= 0.6 is 0 Å². The van der Waals surface area contributed by atoms with Crippen molar-refractivity contribution in [3.63, 3.8) is 0 Å². The highest BCUT2D eigenvalue weighted by Gasteiger charge is 2.26. The molecule has 1 aromatic carbocycles. The first kappa shape index (κ1) is 18.4. The van der Waals surface area contributed by atoms with Gasteiger partial charge >= 0.3 is 0 Å². The van der Waals surface area contributed by atoms with Crippen molar-refractivity contribution in [1.29, 1.82) is 0 Å². The van der Waals surface area contributed by atoms with Gasteiger partial charge < -0.3 is 5.11 Å². The first-order valence-electron chi connectivity index (χ1n) is 9.44. The molecule has 0 fully saturated rings. The molecule has 0 heterocycles. The molecule has 2 radical (unpaired) electrons. The third-order valence-electron chi connectivity index (χ3n) is 6.02. The van der Waals surface area contributed by atoms with E-state index in [9.17, 15) is 5.11 Å². The van der Waals surface area contributed by atoms with E-state index in [2.05, 4.69) is 33.8 Å². The van der Waals surface area contributed by atoms with Crippen LogP contribution in [0.1, 0.15) is 83.3 Å². The molecule has 0 bridgehead atoms. The zero-order valence-corrected chi connectivity index (χ0v) is 15.4. The fourth-order valence-corrected chi connectivity index (χ4v) is 4.30. The van der Waals surface area contributed by atoms with Crippen LogP contribution < -0.4 is 0 Å². The van der Waals surface area contributed by atoms with Crippen LogP contribution in [0.15, 0.2) is 18.2 Å². The van der Waals surface area contributed by atoms with E-state index >= 15 is 0 Å². The normalized spacial score (nSPS) is 24.7. The Morgan fingerprint density at radius 3 is 2.83 bits per heavy atom. The maximum Gasteiger partial charge on any atom is 0.115 e. The molecule has 4 unspecified atom stereocenters. The van der Waals surface area contributed by atoms with E-state index in [4.69, 9.17) is 7.85 Å². The largest absolute Gasteiger partial charge is 0.508 e. The lowest BCUT2D eigenvalue weighted by Crippen LogP contribution is -2.20. The summed E-state index contributed by atoms with van der Waals surface area (Å²) in [7, 11) is 6.47. The fourth-order valence-electron chi connectivity index (χ4n) is 4.30. The first-order chi connectivity index (χ1) is 10.8. The molecule has 1 aromatic rings. The smallest absolute Gasteiger partial charge is 0.115 e. The van der Waals surface area contributed by atoms with Crippen molar-refractivity contribution in [2.45, 2.75) is 83.9 Å². The summed E-state index contributed by atoms with van der Waals surface area (Å²) in [5, 5.41) is 9.67. The van der Waals surface area contributed by atoms with Crippen LogP contribution in [0.5, 0.6) is 5.75 Å². The molecule has 2 rings (SSSR count). The summed E-state index contributed by atoms with van der Waals surface area (Å²) in [4.78, 5) is 0. The summed E-state index contributed by atoms with van der Waals surface area (Å²) < 4.78 is 0. The van der Waals surface area contributed by atoms with Gasteiger partial charge in [-0.05, 0) is 53.9 Å². The van der Waals surface area contributed by atoms with Gasteiger partial charge in [0.15, 0.2) is 0 Å².